The van der Waals surface area contributed by atoms with E-state index in [9.17, 15) is 14.4 Å². The minimum atomic E-state index is -0.681. The summed E-state index contributed by atoms with van der Waals surface area (Å²) in [5.74, 6) is -0.583. The van der Waals surface area contributed by atoms with Crippen LogP contribution in [0.4, 0.5) is 10.2 Å². The van der Waals surface area contributed by atoms with Crippen molar-refractivity contribution in [2.75, 3.05) is 7.05 Å². The summed E-state index contributed by atoms with van der Waals surface area (Å²) in [6.45, 7) is 4.12. The van der Waals surface area contributed by atoms with Gasteiger partial charge in [-0.3, -0.25) is 16.1 Å². The Hall–Kier alpha value is -2.59. The number of fused-ring (bicyclic) bond motifs is 1. The molecule has 1 unspecified atom stereocenters. The second kappa shape index (κ2) is 18.6. The molecule has 0 aliphatic heterocycles. The average molecular weight is 534 g/mol. The number of rotatable bonds is 8. The number of H-pyrrole nitrogens is 1. The Bertz CT molecular complexity index is 1130. The molecule has 1 fully saturated rings. The van der Waals surface area contributed by atoms with Crippen LogP contribution in [0.15, 0.2) is 41.5 Å². The number of halogens is 1. The third-order valence-electron chi connectivity index (χ3n) is 6.37. The van der Waals surface area contributed by atoms with E-state index in [-0.39, 0.29) is 41.2 Å². The normalized spacial score (nSPS) is 14.0. The van der Waals surface area contributed by atoms with Crippen molar-refractivity contribution in [2.45, 2.75) is 64.3 Å². The number of benzene rings is 2. The van der Waals surface area contributed by atoms with Gasteiger partial charge in [-0.1, -0.05) is 43.7 Å². The number of aromatic hydroxyl groups is 1. The molecule has 1 aromatic heterocycles. The van der Waals surface area contributed by atoms with Gasteiger partial charge in [-0.15, -0.1) is 6.07 Å². The van der Waals surface area contributed by atoms with Crippen molar-refractivity contribution in [3.63, 3.8) is 0 Å². The van der Waals surface area contributed by atoms with E-state index in [2.05, 4.69) is 50.7 Å². The van der Waals surface area contributed by atoms with E-state index in [0.717, 1.165) is 67.0 Å². The molecule has 3 N–H and O–H groups in total. The van der Waals surface area contributed by atoms with Gasteiger partial charge in [0, 0.05) is 16.0 Å². The van der Waals surface area contributed by atoms with Crippen LogP contribution in [0, 0.1) is 12.0 Å². The van der Waals surface area contributed by atoms with Gasteiger partial charge in [-0.25, -0.2) is 10.5 Å². The summed E-state index contributed by atoms with van der Waals surface area (Å²) >= 11 is 0. The van der Waals surface area contributed by atoms with Crippen LogP contribution in [0.5, 0.6) is 5.75 Å². The maximum Gasteiger partial charge on any atom is 1.00 e. The van der Waals surface area contributed by atoms with Gasteiger partial charge in [0.05, 0.1) is 17.6 Å². The van der Waals surface area contributed by atoms with E-state index in [0.29, 0.717) is 18.2 Å². The quantitative estimate of drug-likeness (QED) is 0.232. The number of aromatic nitrogens is 2. The molecular weight excluding hydrogens is 498 g/mol. The van der Waals surface area contributed by atoms with Crippen molar-refractivity contribution in [3.8, 4) is 5.75 Å². The van der Waals surface area contributed by atoms with Crippen LogP contribution in [0.1, 0.15) is 56.6 Å². The fraction of sp³-hybridized carbons (Fsp3) is 0.429. The van der Waals surface area contributed by atoms with Gasteiger partial charge in [-0.05, 0) is 51.1 Å². The summed E-state index contributed by atoms with van der Waals surface area (Å²) < 4.78 is 11.3. The summed E-state index contributed by atoms with van der Waals surface area (Å²) in [5.41, 5.74) is 3.61. The molecule has 1 aliphatic carbocycles. The van der Waals surface area contributed by atoms with E-state index < -0.39 is 5.97 Å². The molecule has 0 amide bonds. The molecule has 200 valence electrons. The maximum atomic E-state index is 11.3. The first kappa shape index (κ1) is 33.4. The molecule has 0 saturated heterocycles. The number of phenols is 1. The molecule has 1 aliphatic rings. The van der Waals surface area contributed by atoms with Crippen LogP contribution < -0.4 is 34.9 Å². The van der Waals surface area contributed by atoms with Gasteiger partial charge in [0.15, 0.2) is 0 Å². The largest absolute Gasteiger partial charge is 1.00 e. The molecule has 10 heteroatoms. The van der Waals surface area contributed by atoms with Crippen molar-refractivity contribution in [3.05, 3.63) is 53.7 Å². The number of nitrogens with one attached hydrogen (secondary N) is 2. The zero-order chi connectivity index (χ0) is 27.0. The monoisotopic (exact) mass is 533 g/mol. The van der Waals surface area contributed by atoms with E-state index in [4.69, 9.17) is 4.79 Å². The number of nitrogens with zero attached hydrogens (tertiary/aromatic N) is 2. The van der Waals surface area contributed by atoms with E-state index in [1.54, 1.807) is 18.3 Å². The molecule has 1 atom stereocenters. The molecule has 8 nitrogen and oxygen atoms in total. The Morgan fingerprint density at radius 1 is 1.34 bits per heavy atom. The van der Waals surface area contributed by atoms with Gasteiger partial charge in [0.25, 0.3) is 0 Å². The van der Waals surface area contributed by atoms with Crippen molar-refractivity contribution in [1.82, 2.24) is 15.5 Å². The third-order valence-corrected chi connectivity index (χ3v) is 6.37. The SMILES string of the molecule is C=O.CNC(C)CCc1c(N=[C-]Cc2ccc3[nH]ncc3c2)[c-]ccc1O.O=C(OF)C1CCCCC1.[Na+]. The Balaban J connectivity index is 0.000000468. The third kappa shape index (κ3) is 10.6. The average Bonchev–Trinajstić information content (AvgIpc) is 3.42. The first-order valence-electron chi connectivity index (χ1n) is 12.4. The predicted molar refractivity (Wildman–Crippen MR) is 142 cm³/mol. The van der Waals surface area contributed by atoms with Crippen molar-refractivity contribution >= 4 is 35.6 Å². The van der Waals surface area contributed by atoms with Crippen LogP contribution in [0.3, 0.4) is 0 Å². The minimum absolute atomic E-state index is 0. The van der Waals surface area contributed by atoms with Crippen LogP contribution in [-0.4, -0.2) is 47.4 Å². The standard InChI is InChI=1S/C20H22N4O.C7H11FO2.CH2O.Na/c1-14(21-2)6-8-17-19(4-3-5-20(17)25)22-11-10-15-7-9-18-16(12-15)13-23-24-18;8-10-7(9)6-4-2-1-3-5-6;1-2;/h3,5,7,9,12-14,21,25H,6,8,10H2,1-2H3,(H,23,24);6H,1-5H2;1H2;/q-2;;;+1. The minimum Gasteiger partial charge on any atom is -0.535 e. The number of phenolic OH excluding ortho intramolecular Hbond substituents is 1. The number of aliphatic imine (C=N–C) groups is 1. The molecule has 38 heavy (non-hydrogen) atoms. The molecule has 1 saturated carbocycles. The van der Waals surface area contributed by atoms with Crippen LogP contribution >= 0.6 is 0 Å². The van der Waals surface area contributed by atoms with Crippen LogP contribution in [0.2, 0.25) is 0 Å². The smallest absolute Gasteiger partial charge is 0.535 e. The van der Waals surface area contributed by atoms with Gasteiger partial charge in [-0.2, -0.15) is 22.9 Å². The summed E-state index contributed by atoms with van der Waals surface area (Å²) in [7, 11) is 1.94. The van der Waals surface area contributed by atoms with Crippen molar-refractivity contribution in [1.29, 1.82) is 0 Å². The second-order valence-corrected chi connectivity index (χ2v) is 8.89. The molecular formula is C28H35FN4NaO4-. The van der Waals surface area contributed by atoms with Crippen LogP contribution in [0.25, 0.3) is 10.9 Å². The Kier molecular flexibility index (Phi) is 16.4. The topological polar surface area (TPSA) is 117 Å². The molecule has 0 spiro atoms. The fourth-order valence-electron chi connectivity index (χ4n) is 4.07. The Morgan fingerprint density at radius 2 is 2.08 bits per heavy atom. The van der Waals surface area contributed by atoms with Gasteiger partial charge in [0.1, 0.15) is 6.79 Å². The molecule has 2 aromatic carbocycles. The maximum absolute atomic E-state index is 11.3. The molecule has 3 aromatic rings. The van der Waals surface area contributed by atoms with Crippen molar-refractivity contribution in [2.24, 2.45) is 10.9 Å². The summed E-state index contributed by atoms with van der Waals surface area (Å²) in [6, 6.07) is 12.9. The number of carbonyl (C=O) groups is 2. The number of hydrogen-bond donors (Lipinski definition) is 3. The Labute approximate surface area is 245 Å². The van der Waals surface area contributed by atoms with E-state index in [1.807, 2.05) is 26.0 Å². The zero-order valence-corrected chi connectivity index (χ0v) is 24.4. The van der Waals surface area contributed by atoms with Crippen molar-refractivity contribution < 1.29 is 53.7 Å². The first-order valence-corrected chi connectivity index (χ1v) is 12.4. The number of aromatic amines is 1. The molecule has 0 radical (unpaired) electrons. The number of hydrogen-bond acceptors (Lipinski definition) is 7. The first-order chi connectivity index (χ1) is 18.0. The van der Waals surface area contributed by atoms with Gasteiger partial charge >= 0.3 is 35.5 Å². The van der Waals surface area contributed by atoms with Crippen LogP contribution in [-0.2, 0) is 27.4 Å². The molecule has 1 heterocycles. The molecule has 0 bridgehead atoms. The number of carbonyl (C=O) groups excluding carboxylic acids is 2. The Morgan fingerprint density at radius 3 is 2.76 bits per heavy atom. The zero-order valence-electron chi connectivity index (χ0n) is 22.4. The fourth-order valence-corrected chi connectivity index (χ4v) is 4.07. The molecule has 4 rings (SSSR count). The van der Waals surface area contributed by atoms with E-state index in [1.165, 1.54) is 0 Å². The summed E-state index contributed by atoms with van der Waals surface area (Å²) in [4.78, 5) is 26.1. The van der Waals surface area contributed by atoms with Gasteiger partial charge < -0.3 is 20.2 Å². The predicted octanol–water partition coefficient (Wildman–Crippen LogP) is 2.24. The summed E-state index contributed by atoms with van der Waals surface area (Å²) in [5, 5.41) is 21.4. The summed E-state index contributed by atoms with van der Waals surface area (Å²) in [6.07, 6.45) is 11.9. The van der Waals surface area contributed by atoms with Gasteiger partial charge in [0.2, 0.25) is 0 Å². The second-order valence-electron chi connectivity index (χ2n) is 8.89. The van der Waals surface area contributed by atoms with E-state index >= 15 is 0 Å².